The summed E-state index contributed by atoms with van der Waals surface area (Å²) in [6.45, 7) is 0. The maximum absolute atomic E-state index is 10.6. The molecule has 1 rings (SSSR count). The van der Waals surface area contributed by atoms with Gasteiger partial charge in [-0.15, -0.1) is 0 Å². The number of nitrogens with zero attached hydrogens (tertiary/aromatic N) is 3. The zero-order valence-electron chi connectivity index (χ0n) is 7.07. The Bertz CT molecular complexity index is 327. The predicted octanol–water partition coefficient (Wildman–Crippen LogP) is -4.03. The maximum atomic E-state index is 10.6. The Hall–Kier alpha value is -0.0400. The molecule has 0 N–H and O–H groups in total. The minimum atomic E-state index is -0.815. The molecule has 0 fully saturated rings. The van der Waals surface area contributed by atoms with E-state index >= 15 is 0 Å². The molecule has 0 saturated heterocycles. The molecule has 60 valence electrons. The van der Waals surface area contributed by atoms with Crippen LogP contribution in [-0.2, 0) is 7.05 Å². The SMILES string of the molecule is CSc1nc(=O)c([O-])nn1C.[Na+]. The van der Waals surface area contributed by atoms with E-state index in [0.717, 1.165) is 0 Å². The van der Waals surface area contributed by atoms with Crippen LogP contribution in [0.2, 0.25) is 0 Å². The van der Waals surface area contributed by atoms with E-state index in [4.69, 9.17) is 0 Å². The second-order valence-corrected chi connectivity index (χ2v) is 2.61. The first-order chi connectivity index (χ1) is 5.15. The van der Waals surface area contributed by atoms with E-state index in [1.165, 1.54) is 16.4 Å². The largest absolute Gasteiger partial charge is 1.00 e. The van der Waals surface area contributed by atoms with E-state index in [9.17, 15) is 9.90 Å². The fourth-order valence-corrected chi connectivity index (χ4v) is 1.09. The van der Waals surface area contributed by atoms with Gasteiger partial charge in [-0.3, -0.25) is 4.79 Å². The molecule has 0 unspecified atom stereocenters. The van der Waals surface area contributed by atoms with Gasteiger partial charge in [-0.25, -0.2) is 4.68 Å². The first-order valence-electron chi connectivity index (χ1n) is 2.81. The molecule has 0 saturated carbocycles. The van der Waals surface area contributed by atoms with Crippen molar-refractivity contribution in [1.82, 2.24) is 14.8 Å². The van der Waals surface area contributed by atoms with Crippen molar-refractivity contribution in [2.24, 2.45) is 7.05 Å². The second kappa shape index (κ2) is 4.86. The predicted molar refractivity (Wildman–Crippen MR) is 38.5 cm³/mol. The summed E-state index contributed by atoms with van der Waals surface area (Å²) < 4.78 is 1.29. The molecule has 0 radical (unpaired) electrons. The molecule has 7 heteroatoms. The Balaban J connectivity index is 0.00000121. The van der Waals surface area contributed by atoms with E-state index in [1.807, 2.05) is 0 Å². The van der Waals surface area contributed by atoms with E-state index in [2.05, 4.69) is 10.1 Å². The van der Waals surface area contributed by atoms with Crippen LogP contribution in [0.3, 0.4) is 0 Å². The van der Waals surface area contributed by atoms with Gasteiger partial charge in [0, 0.05) is 7.05 Å². The van der Waals surface area contributed by atoms with Crippen LogP contribution in [0.4, 0.5) is 0 Å². The minimum absolute atomic E-state index is 0. The molecule has 1 aromatic rings. The fourth-order valence-electron chi connectivity index (χ4n) is 0.607. The zero-order valence-corrected chi connectivity index (χ0v) is 9.88. The number of rotatable bonds is 1. The molecular formula is C5H6N3NaO2S. The summed E-state index contributed by atoms with van der Waals surface area (Å²) in [6.07, 6.45) is 1.76. The quantitative estimate of drug-likeness (QED) is 0.337. The Kier molecular flexibility index (Phi) is 4.84. The van der Waals surface area contributed by atoms with Gasteiger partial charge >= 0.3 is 29.6 Å². The average Bonchev–Trinajstić information content (AvgIpc) is 1.97. The first kappa shape index (κ1) is 12.0. The number of hydrogen-bond acceptors (Lipinski definition) is 5. The van der Waals surface area contributed by atoms with Crippen molar-refractivity contribution in [2.45, 2.75) is 5.16 Å². The number of hydrogen-bond donors (Lipinski definition) is 0. The smallest absolute Gasteiger partial charge is 0.854 e. The molecule has 1 heterocycles. The topological polar surface area (TPSA) is 70.8 Å². The van der Waals surface area contributed by atoms with Crippen molar-refractivity contribution < 1.29 is 34.7 Å². The van der Waals surface area contributed by atoms with Gasteiger partial charge in [-0.2, -0.15) is 10.1 Å². The number of aromatic nitrogens is 3. The fraction of sp³-hybridized carbons (Fsp3) is 0.400. The molecule has 0 aliphatic carbocycles. The molecule has 5 nitrogen and oxygen atoms in total. The van der Waals surface area contributed by atoms with Crippen LogP contribution in [0.5, 0.6) is 5.88 Å². The van der Waals surface area contributed by atoms with Gasteiger partial charge in [-0.1, -0.05) is 11.8 Å². The van der Waals surface area contributed by atoms with Crippen LogP contribution in [0, 0.1) is 0 Å². The Morgan fingerprint density at radius 1 is 1.58 bits per heavy atom. The minimum Gasteiger partial charge on any atom is -0.854 e. The van der Waals surface area contributed by atoms with Gasteiger partial charge in [0.05, 0.1) is 5.88 Å². The Labute approximate surface area is 95.5 Å². The second-order valence-electron chi connectivity index (χ2n) is 1.83. The molecule has 0 aliphatic heterocycles. The van der Waals surface area contributed by atoms with Gasteiger partial charge in [0.15, 0.2) is 5.16 Å². The molecule has 0 aliphatic rings. The van der Waals surface area contributed by atoms with Crippen molar-refractivity contribution in [1.29, 1.82) is 0 Å². The third kappa shape index (κ3) is 2.48. The van der Waals surface area contributed by atoms with Crippen LogP contribution in [-0.4, -0.2) is 21.0 Å². The Morgan fingerprint density at radius 3 is 2.67 bits per heavy atom. The third-order valence-corrected chi connectivity index (χ3v) is 1.80. The molecule has 0 amide bonds. The van der Waals surface area contributed by atoms with Crippen LogP contribution >= 0.6 is 11.8 Å². The van der Waals surface area contributed by atoms with E-state index < -0.39 is 11.4 Å². The van der Waals surface area contributed by atoms with Crippen molar-refractivity contribution >= 4 is 11.8 Å². The van der Waals surface area contributed by atoms with Crippen molar-refractivity contribution in [2.75, 3.05) is 6.26 Å². The summed E-state index contributed by atoms with van der Waals surface area (Å²) >= 11 is 1.27. The van der Waals surface area contributed by atoms with Crippen LogP contribution in [0.1, 0.15) is 0 Å². The monoisotopic (exact) mass is 195 g/mol. The number of thioether (sulfide) groups is 1. The summed E-state index contributed by atoms with van der Waals surface area (Å²) in [5, 5.41) is 14.4. The molecule has 1 aromatic heterocycles. The molecule has 0 aromatic carbocycles. The molecule has 0 bridgehead atoms. The van der Waals surface area contributed by atoms with Gasteiger partial charge in [-0.05, 0) is 6.26 Å². The standard InChI is InChI=1S/C5H7N3O2S.Na/c1-8-5(11-2)6-3(9)4(10)7-8;/h1-2H3,(H,7,10);/q;+1/p-1. The summed E-state index contributed by atoms with van der Waals surface area (Å²) in [7, 11) is 1.57. The molecule has 0 atom stereocenters. The van der Waals surface area contributed by atoms with Crippen LogP contribution in [0.15, 0.2) is 9.95 Å². The molecular weight excluding hydrogens is 189 g/mol. The maximum Gasteiger partial charge on any atom is 1.00 e. The van der Waals surface area contributed by atoms with Crippen molar-refractivity contribution in [3.63, 3.8) is 0 Å². The normalized spacial score (nSPS) is 9.17. The van der Waals surface area contributed by atoms with Crippen molar-refractivity contribution in [3.05, 3.63) is 10.4 Å². The summed E-state index contributed by atoms with van der Waals surface area (Å²) in [5.41, 5.74) is -0.799. The van der Waals surface area contributed by atoms with E-state index in [-0.39, 0.29) is 29.6 Å². The van der Waals surface area contributed by atoms with Crippen LogP contribution < -0.4 is 40.2 Å². The van der Waals surface area contributed by atoms with Gasteiger partial charge in [0.2, 0.25) is 0 Å². The van der Waals surface area contributed by atoms with Gasteiger partial charge in [0.1, 0.15) is 0 Å². The zero-order chi connectivity index (χ0) is 8.43. The van der Waals surface area contributed by atoms with Crippen molar-refractivity contribution in [3.8, 4) is 5.88 Å². The third-order valence-electron chi connectivity index (χ3n) is 1.08. The van der Waals surface area contributed by atoms with Crippen LogP contribution in [0.25, 0.3) is 0 Å². The van der Waals surface area contributed by atoms with Gasteiger partial charge in [0.25, 0.3) is 5.56 Å². The summed E-state index contributed by atoms with van der Waals surface area (Å²) in [5.74, 6) is -0.815. The Morgan fingerprint density at radius 2 is 2.17 bits per heavy atom. The van der Waals surface area contributed by atoms with E-state index in [0.29, 0.717) is 5.16 Å². The summed E-state index contributed by atoms with van der Waals surface area (Å²) in [4.78, 5) is 14.1. The van der Waals surface area contributed by atoms with E-state index in [1.54, 1.807) is 13.3 Å². The van der Waals surface area contributed by atoms with Gasteiger partial charge < -0.3 is 5.11 Å². The summed E-state index contributed by atoms with van der Waals surface area (Å²) in [6, 6.07) is 0. The number of aryl methyl sites for hydroxylation is 1. The molecule has 0 spiro atoms. The average molecular weight is 195 g/mol. The molecule has 12 heavy (non-hydrogen) atoms. The first-order valence-corrected chi connectivity index (χ1v) is 4.04.